The van der Waals surface area contributed by atoms with E-state index in [1.54, 1.807) is 24.8 Å². The number of fused-ring (bicyclic) bond motifs is 1. The number of rotatable bonds is 11. The number of hydrogen-bond acceptors (Lipinski definition) is 7. The van der Waals surface area contributed by atoms with Crippen molar-refractivity contribution in [3.05, 3.63) is 102 Å². The summed E-state index contributed by atoms with van der Waals surface area (Å²) in [4.78, 5) is 27.3. The Labute approximate surface area is 264 Å². The maximum absolute atomic E-state index is 13.1. The van der Waals surface area contributed by atoms with E-state index in [4.69, 9.17) is 9.47 Å². The minimum absolute atomic E-state index is 0.0644. The third-order valence-electron chi connectivity index (χ3n) is 7.20. The van der Waals surface area contributed by atoms with E-state index in [0.29, 0.717) is 26.2 Å². The summed E-state index contributed by atoms with van der Waals surface area (Å²) in [5, 5.41) is 1.11. The molecular formula is C36H40N4O3S. The van der Waals surface area contributed by atoms with Gasteiger partial charge >= 0.3 is 5.97 Å². The van der Waals surface area contributed by atoms with Crippen LogP contribution in [0.2, 0.25) is 0 Å². The van der Waals surface area contributed by atoms with Crippen LogP contribution < -0.4 is 4.74 Å². The fourth-order valence-electron chi connectivity index (χ4n) is 5.09. The van der Waals surface area contributed by atoms with E-state index in [2.05, 4.69) is 76.7 Å². The summed E-state index contributed by atoms with van der Waals surface area (Å²) >= 11 is 1.82. The van der Waals surface area contributed by atoms with Crippen molar-refractivity contribution in [2.45, 2.75) is 70.8 Å². The lowest BCUT2D eigenvalue weighted by Crippen LogP contribution is -2.30. The van der Waals surface area contributed by atoms with Crippen molar-refractivity contribution < 1.29 is 14.3 Å². The van der Waals surface area contributed by atoms with Crippen LogP contribution in [0.1, 0.15) is 58.5 Å². The van der Waals surface area contributed by atoms with Gasteiger partial charge in [-0.25, -0.2) is 0 Å². The Kier molecular flexibility index (Phi) is 9.39. The molecule has 0 bridgehead atoms. The number of aromatic nitrogens is 4. The van der Waals surface area contributed by atoms with Crippen LogP contribution in [0.4, 0.5) is 0 Å². The maximum Gasteiger partial charge on any atom is 0.311 e. The second-order valence-electron chi connectivity index (χ2n) is 12.4. The van der Waals surface area contributed by atoms with Crippen molar-refractivity contribution in [2.24, 2.45) is 5.41 Å². The molecule has 0 unspecified atom stereocenters. The average molecular weight is 609 g/mol. The Balaban J connectivity index is 1.60. The number of benzene rings is 2. The highest BCUT2D eigenvalue weighted by atomic mass is 32.2. The summed E-state index contributed by atoms with van der Waals surface area (Å²) < 4.78 is 14.0. The molecule has 0 fully saturated rings. The minimum atomic E-state index is -0.719. The van der Waals surface area contributed by atoms with Gasteiger partial charge in [-0.2, -0.15) is 0 Å². The van der Waals surface area contributed by atoms with Crippen LogP contribution in [0.5, 0.6) is 5.75 Å². The van der Waals surface area contributed by atoms with Crippen LogP contribution >= 0.6 is 11.8 Å². The highest BCUT2D eigenvalue weighted by Gasteiger charge is 2.34. The molecule has 0 aliphatic carbocycles. The molecule has 5 aromatic rings. The van der Waals surface area contributed by atoms with Gasteiger partial charge in [0, 0.05) is 63.4 Å². The summed E-state index contributed by atoms with van der Waals surface area (Å²) in [6.45, 7) is 13.8. The summed E-state index contributed by atoms with van der Waals surface area (Å²) in [5.41, 5.74) is 5.35. The predicted octanol–water partition coefficient (Wildman–Crippen LogP) is 8.14. The first kappa shape index (κ1) is 31.3. The molecule has 0 amide bonds. The second kappa shape index (κ2) is 13.2. The smallest absolute Gasteiger partial charge is 0.311 e. The zero-order valence-corrected chi connectivity index (χ0v) is 27.1. The lowest BCUT2D eigenvalue weighted by atomic mass is 9.87. The van der Waals surface area contributed by atoms with Gasteiger partial charge in [0.25, 0.3) is 0 Å². The Bertz CT molecular complexity index is 1710. The minimum Gasteiger partial charge on any atom is -0.487 e. The summed E-state index contributed by atoms with van der Waals surface area (Å²) in [5.74, 6) is 0.580. The molecule has 3 aromatic heterocycles. The molecule has 0 aliphatic heterocycles. The van der Waals surface area contributed by atoms with E-state index in [1.807, 2.05) is 56.8 Å². The second-order valence-corrected chi connectivity index (χ2v) is 14.3. The molecule has 0 saturated heterocycles. The van der Waals surface area contributed by atoms with Crippen molar-refractivity contribution in [1.29, 1.82) is 0 Å². The Morgan fingerprint density at radius 3 is 2.39 bits per heavy atom. The zero-order chi connectivity index (χ0) is 31.3. The van der Waals surface area contributed by atoms with Crippen LogP contribution in [-0.2, 0) is 29.1 Å². The van der Waals surface area contributed by atoms with Crippen LogP contribution in [0.3, 0.4) is 0 Å². The standard InChI is InChI=1S/C36H40N4O3S/c1-7-42-34(41)36(5,6)21-32-33(44-35(2,3)4)29-20-28(43-24-27-10-8-9-17-38-27)15-16-31(29)40(32)23-25-11-13-26(14-12-25)30-22-37-18-19-39-30/h8-20,22H,7,21,23-24H2,1-6H3. The molecular weight excluding hydrogens is 568 g/mol. The highest BCUT2D eigenvalue weighted by molar-refractivity contribution is 8.00. The zero-order valence-electron chi connectivity index (χ0n) is 26.3. The van der Waals surface area contributed by atoms with E-state index >= 15 is 0 Å². The molecule has 7 nitrogen and oxygen atoms in total. The lowest BCUT2D eigenvalue weighted by molar-refractivity contribution is -0.153. The topological polar surface area (TPSA) is 79.1 Å². The van der Waals surface area contributed by atoms with Crippen LogP contribution in [0.25, 0.3) is 22.2 Å². The molecule has 0 atom stereocenters. The van der Waals surface area contributed by atoms with E-state index in [1.165, 1.54) is 0 Å². The fraction of sp³-hybridized carbons (Fsp3) is 0.333. The molecule has 0 aliphatic rings. The summed E-state index contributed by atoms with van der Waals surface area (Å²) in [6, 6.07) is 20.5. The normalized spacial score (nSPS) is 12.0. The average Bonchev–Trinajstić information content (AvgIpc) is 3.26. The Morgan fingerprint density at radius 1 is 0.932 bits per heavy atom. The molecule has 228 valence electrons. The van der Waals surface area contributed by atoms with Crippen molar-refractivity contribution >= 4 is 28.6 Å². The van der Waals surface area contributed by atoms with Gasteiger partial charge in [-0.3, -0.25) is 19.7 Å². The lowest BCUT2D eigenvalue weighted by Gasteiger charge is -2.26. The monoisotopic (exact) mass is 608 g/mol. The molecule has 3 heterocycles. The van der Waals surface area contributed by atoms with Crippen molar-refractivity contribution in [1.82, 2.24) is 19.5 Å². The van der Waals surface area contributed by atoms with E-state index in [-0.39, 0.29) is 10.7 Å². The number of nitrogens with zero attached hydrogens (tertiary/aromatic N) is 4. The number of thioether (sulfide) groups is 1. The van der Waals surface area contributed by atoms with Gasteiger partial charge in [0.1, 0.15) is 12.4 Å². The number of ether oxygens (including phenoxy) is 2. The maximum atomic E-state index is 13.1. The SMILES string of the molecule is CCOC(=O)C(C)(C)Cc1c(SC(C)(C)C)c2cc(OCc3ccccn3)ccc2n1Cc1ccc(-c2cnccn2)cc1. The number of pyridine rings is 1. The quantitative estimate of drug-likeness (QED) is 0.111. The number of esters is 1. The predicted molar refractivity (Wildman–Crippen MR) is 177 cm³/mol. The largest absolute Gasteiger partial charge is 0.487 e. The third-order valence-corrected chi connectivity index (χ3v) is 8.48. The van der Waals surface area contributed by atoms with Gasteiger partial charge in [0.05, 0.1) is 29.6 Å². The van der Waals surface area contributed by atoms with E-state index in [9.17, 15) is 4.79 Å². The van der Waals surface area contributed by atoms with E-state index in [0.717, 1.165) is 49.8 Å². The van der Waals surface area contributed by atoms with Gasteiger partial charge in [-0.1, -0.05) is 51.1 Å². The molecule has 0 saturated carbocycles. The van der Waals surface area contributed by atoms with Crippen molar-refractivity contribution in [3.63, 3.8) is 0 Å². The number of carbonyl (C=O) groups excluding carboxylic acids is 1. The molecule has 5 rings (SSSR count). The molecule has 0 radical (unpaired) electrons. The van der Waals surface area contributed by atoms with E-state index < -0.39 is 5.41 Å². The van der Waals surface area contributed by atoms with Gasteiger partial charge in [0.2, 0.25) is 0 Å². The molecule has 0 N–H and O–H groups in total. The first-order chi connectivity index (χ1) is 21.0. The number of carbonyl (C=O) groups is 1. The Hall–Kier alpha value is -4.17. The van der Waals surface area contributed by atoms with Crippen LogP contribution in [0, 0.1) is 5.41 Å². The molecule has 2 aromatic carbocycles. The summed E-state index contributed by atoms with van der Waals surface area (Å²) in [7, 11) is 0. The van der Waals surface area contributed by atoms with Crippen molar-refractivity contribution in [2.75, 3.05) is 6.61 Å². The Morgan fingerprint density at radius 2 is 1.73 bits per heavy atom. The molecule has 0 spiro atoms. The van der Waals surface area contributed by atoms with Crippen LogP contribution in [0.15, 0.2) is 90.3 Å². The van der Waals surface area contributed by atoms with Crippen molar-refractivity contribution in [3.8, 4) is 17.0 Å². The van der Waals surface area contributed by atoms with Gasteiger partial charge in [0.15, 0.2) is 0 Å². The van der Waals surface area contributed by atoms with Crippen LogP contribution in [-0.4, -0.2) is 36.8 Å². The summed E-state index contributed by atoms with van der Waals surface area (Å²) in [6.07, 6.45) is 7.46. The molecule has 8 heteroatoms. The highest BCUT2D eigenvalue weighted by Crippen LogP contribution is 2.44. The van der Waals surface area contributed by atoms with Gasteiger partial charge in [-0.15, -0.1) is 11.8 Å². The molecule has 44 heavy (non-hydrogen) atoms. The first-order valence-electron chi connectivity index (χ1n) is 14.9. The van der Waals surface area contributed by atoms with Gasteiger partial charge in [-0.05, 0) is 56.7 Å². The number of hydrogen-bond donors (Lipinski definition) is 0. The van der Waals surface area contributed by atoms with Gasteiger partial charge < -0.3 is 14.0 Å². The fourth-order valence-corrected chi connectivity index (χ4v) is 6.28. The first-order valence-corrected chi connectivity index (χ1v) is 15.7. The third kappa shape index (κ3) is 7.48.